The zero-order chi connectivity index (χ0) is 15.1. The molecule has 4 nitrogen and oxygen atoms in total. The standard InChI is InChI=1S/C15H22ClNO3/c1-10(2)14(18)6-7-17-15(19)9-20-12-4-5-13(16)11(3)8-12/h4-5,8,10,14,18H,6-7,9H2,1-3H3,(H,17,19). The maximum Gasteiger partial charge on any atom is 0.257 e. The summed E-state index contributed by atoms with van der Waals surface area (Å²) in [7, 11) is 0. The highest BCUT2D eigenvalue weighted by Gasteiger charge is 2.09. The minimum Gasteiger partial charge on any atom is -0.484 e. The molecule has 112 valence electrons. The van der Waals surface area contributed by atoms with Crippen LogP contribution in [0.4, 0.5) is 0 Å². The fourth-order valence-electron chi connectivity index (χ4n) is 1.60. The molecule has 0 heterocycles. The Morgan fingerprint density at radius 2 is 2.15 bits per heavy atom. The molecule has 2 N–H and O–H groups in total. The van der Waals surface area contributed by atoms with Crippen LogP contribution < -0.4 is 10.1 Å². The van der Waals surface area contributed by atoms with Gasteiger partial charge in [-0.2, -0.15) is 0 Å². The van der Waals surface area contributed by atoms with E-state index in [-0.39, 0.29) is 18.4 Å². The monoisotopic (exact) mass is 299 g/mol. The number of carbonyl (C=O) groups excluding carboxylic acids is 1. The van der Waals surface area contributed by atoms with Gasteiger partial charge in [0.25, 0.3) is 5.91 Å². The summed E-state index contributed by atoms with van der Waals surface area (Å²) < 4.78 is 5.38. The SMILES string of the molecule is Cc1cc(OCC(=O)NCCC(O)C(C)C)ccc1Cl. The third-order valence-electron chi connectivity index (χ3n) is 3.03. The summed E-state index contributed by atoms with van der Waals surface area (Å²) in [5.74, 6) is 0.609. The van der Waals surface area contributed by atoms with Crippen molar-refractivity contribution >= 4 is 17.5 Å². The first-order chi connectivity index (χ1) is 9.40. The molecular weight excluding hydrogens is 278 g/mol. The Labute approximate surface area is 125 Å². The lowest BCUT2D eigenvalue weighted by atomic mass is 10.0. The van der Waals surface area contributed by atoms with E-state index in [2.05, 4.69) is 5.32 Å². The van der Waals surface area contributed by atoms with E-state index in [1.807, 2.05) is 20.8 Å². The van der Waals surface area contributed by atoms with Gasteiger partial charge in [0.05, 0.1) is 6.10 Å². The van der Waals surface area contributed by atoms with E-state index >= 15 is 0 Å². The summed E-state index contributed by atoms with van der Waals surface area (Å²) in [5, 5.41) is 13.0. The lowest BCUT2D eigenvalue weighted by Crippen LogP contribution is -2.32. The second-order valence-corrected chi connectivity index (χ2v) is 5.56. The Morgan fingerprint density at radius 3 is 2.75 bits per heavy atom. The minimum atomic E-state index is -0.393. The van der Waals surface area contributed by atoms with Crippen molar-refractivity contribution in [3.8, 4) is 5.75 Å². The summed E-state index contributed by atoms with van der Waals surface area (Å²) in [6.45, 7) is 6.17. The van der Waals surface area contributed by atoms with Crippen LogP contribution in [0.2, 0.25) is 5.02 Å². The molecule has 1 rings (SSSR count). The van der Waals surface area contributed by atoms with Gasteiger partial charge in [-0.1, -0.05) is 25.4 Å². The van der Waals surface area contributed by atoms with Gasteiger partial charge in [-0.05, 0) is 43.0 Å². The van der Waals surface area contributed by atoms with Gasteiger partial charge in [-0.25, -0.2) is 0 Å². The van der Waals surface area contributed by atoms with Crippen molar-refractivity contribution in [1.82, 2.24) is 5.32 Å². The van der Waals surface area contributed by atoms with E-state index in [0.717, 1.165) is 5.56 Å². The molecule has 0 bridgehead atoms. The quantitative estimate of drug-likeness (QED) is 0.813. The molecule has 0 aliphatic carbocycles. The molecule has 1 atom stereocenters. The Bertz CT molecular complexity index is 449. The van der Waals surface area contributed by atoms with Crippen molar-refractivity contribution in [3.63, 3.8) is 0 Å². The maximum absolute atomic E-state index is 11.6. The number of benzene rings is 1. The first-order valence-corrected chi connectivity index (χ1v) is 7.11. The highest BCUT2D eigenvalue weighted by molar-refractivity contribution is 6.31. The fraction of sp³-hybridized carbons (Fsp3) is 0.533. The van der Waals surface area contributed by atoms with Crippen molar-refractivity contribution in [2.24, 2.45) is 5.92 Å². The first kappa shape index (κ1) is 16.8. The molecule has 0 radical (unpaired) electrons. The normalized spacial score (nSPS) is 12.3. The highest BCUT2D eigenvalue weighted by Crippen LogP contribution is 2.20. The summed E-state index contributed by atoms with van der Waals surface area (Å²) in [4.78, 5) is 11.6. The number of halogens is 1. The number of aliphatic hydroxyl groups excluding tert-OH is 1. The van der Waals surface area contributed by atoms with Crippen LogP contribution in [0, 0.1) is 12.8 Å². The van der Waals surface area contributed by atoms with Crippen LogP contribution in [0.25, 0.3) is 0 Å². The zero-order valence-corrected chi connectivity index (χ0v) is 12.9. The molecule has 0 fully saturated rings. The maximum atomic E-state index is 11.6. The summed E-state index contributed by atoms with van der Waals surface area (Å²) >= 11 is 5.91. The van der Waals surface area contributed by atoms with Crippen LogP contribution >= 0.6 is 11.6 Å². The number of carbonyl (C=O) groups is 1. The van der Waals surface area contributed by atoms with E-state index < -0.39 is 6.10 Å². The summed E-state index contributed by atoms with van der Waals surface area (Å²) in [6.07, 6.45) is 0.152. The number of rotatable bonds is 7. The van der Waals surface area contributed by atoms with Gasteiger partial charge < -0.3 is 15.2 Å². The molecule has 0 saturated carbocycles. The van der Waals surface area contributed by atoms with Crippen LogP contribution in [0.15, 0.2) is 18.2 Å². The number of amides is 1. The molecule has 1 amide bonds. The molecule has 5 heteroatoms. The lowest BCUT2D eigenvalue weighted by molar-refractivity contribution is -0.123. The number of aliphatic hydroxyl groups is 1. The van der Waals surface area contributed by atoms with Gasteiger partial charge in [0.15, 0.2) is 6.61 Å². The van der Waals surface area contributed by atoms with Crippen LogP contribution in [-0.2, 0) is 4.79 Å². The van der Waals surface area contributed by atoms with Gasteiger partial charge in [0.2, 0.25) is 0 Å². The third-order valence-corrected chi connectivity index (χ3v) is 3.46. The Hall–Kier alpha value is -1.26. The zero-order valence-electron chi connectivity index (χ0n) is 12.1. The van der Waals surface area contributed by atoms with Gasteiger partial charge >= 0.3 is 0 Å². The average Bonchev–Trinajstić information content (AvgIpc) is 2.40. The fourth-order valence-corrected chi connectivity index (χ4v) is 1.72. The average molecular weight is 300 g/mol. The number of hydrogen-bond donors (Lipinski definition) is 2. The molecule has 0 spiro atoms. The van der Waals surface area contributed by atoms with Crippen molar-refractivity contribution in [2.75, 3.05) is 13.2 Å². The van der Waals surface area contributed by atoms with Crippen LogP contribution in [0.3, 0.4) is 0 Å². The summed E-state index contributed by atoms with van der Waals surface area (Å²) in [5.41, 5.74) is 0.907. The molecule has 1 unspecified atom stereocenters. The second-order valence-electron chi connectivity index (χ2n) is 5.15. The largest absolute Gasteiger partial charge is 0.484 e. The van der Waals surface area contributed by atoms with E-state index in [9.17, 15) is 9.90 Å². The molecule has 0 saturated heterocycles. The lowest BCUT2D eigenvalue weighted by Gasteiger charge is -2.14. The topological polar surface area (TPSA) is 58.6 Å². The highest BCUT2D eigenvalue weighted by atomic mass is 35.5. The molecular formula is C15H22ClNO3. The number of nitrogens with one attached hydrogen (secondary N) is 1. The molecule has 0 aliphatic heterocycles. The predicted molar refractivity (Wildman–Crippen MR) is 80.2 cm³/mol. The van der Waals surface area contributed by atoms with Gasteiger partial charge in [-0.15, -0.1) is 0 Å². The Kier molecular flexibility index (Phi) is 6.82. The van der Waals surface area contributed by atoms with E-state index in [1.165, 1.54) is 0 Å². The number of ether oxygens (including phenoxy) is 1. The van der Waals surface area contributed by atoms with Crippen LogP contribution in [0.5, 0.6) is 5.75 Å². The minimum absolute atomic E-state index is 0.0428. The van der Waals surface area contributed by atoms with Crippen LogP contribution in [-0.4, -0.2) is 30.3 Å². The van der Waals surface area contributed by atoms with Gasteiger partial charge in [0, 0.05) is 11.6 Å². The first-order valence-electron chi connectivity index (χ1n) is 6.74. The molecule has 0 aliphatic rings. The van der Waals surface area contributed by atoms with E-state index in [0.29, 0.717) is 23.7 Å². The number of aryl methyl sites for hydroxylation is 1. The number of hydrogen-bond acceptors (Lipinski definition) is 3. The van der Waals surface area contributed by atoms with Crippen molar-refractivity contribution < 1.29 is 14.6 Å². The molecule has 1 aromatic carbocycles. The van der Waals surface area contributed by atoms with E-state index in [4.69, 9.17) is 16.3 Å². The second kappa shape index (κ2) is 8.12. The smallest absolute Gasteiger partial charge is 0.257 e. The van der Waals surface area contributed by atoms with Gasteiger partial charge in [0.1, 0.15) is 5.75 Å². The molecule has 1 aromatic rings. The Morgan fingerprint density at radius 1 is 1.45 bits per heavy atom. The van der Waals surface area contributed by atoms with Crippen molar-refractivity contribution in [3.05, 3.63) is 28.8 Å². The summed E-state index contributed by atoms with van der Waals surface area (Å²) in [6, 6.07) is 5.26. The van der Waals surface area contributed by atoms with Crippen molar-refractivity contribution in [2.45, 2.75) is 33.3 Å². The van der Waals surface area contributed by atoms with E-state index in [1.54, 1.807) is 18.2 Å². The van der Waals surface area contributed by atoms with Gasteiger partial charge in [-0.3, -0.25) is 4.79 Å². The molecule has 0 aromatic heterocycles. The van der Waals surface area contributed by atoms with Crippen LogP contribution in [0.1, 0.15) is 25.8 Å². The van der Waals surface area contributed by atoms with Crippen molar-refractivity contribution in [1.29, 1.82) is 0 Å². The Balaban J connectivity index is 2.27. The third kappa shape index (κ3) is 5.80. The molecule has 20 heavy (non-hydrogen) atoms. The predicted octanol–water partition coefficient (Wildman–Crippen LogP) is 2.55.